The molecule has 0 saturated heterocycles. The molecule has 0 saturated carbocycles. The molecule has 14 heavy (non-hydrogen) atoms. The number of hydrogen-bond acceptors (Lipinski definition) is 3. The maximum atomic E-state index is 9.24. The van der Waals surface area contributed by atoms with Crippen LogP contribution >= 0.6 is 0 Å². The van der Waals surface area contributed by atoms with Crippen LogP contribution in [0.2, 0.25) is 0 Å². The van der Waals surface area contributed by atoms with Crippen molar-refractivity contribution in [1.29, 1.82) is 0 Å². The van der Waals surface area contributed by atoms with E-state index in [9.17, 15) is 4.79 Å². The third kappa shape index (κ3) is 22.5. The smallest absolute Gasteiger partial charge is 0.317 e. The summed E-state index contributed by atoms with van der Waals surface area (Å²) < 4.78 is 0. The van der Waals surface area contributed by atoms with Crippen LogP contribution in [0.3, 0.4) is 0 Å². The van der Waals surface area contributed by atoms with Gasteiger partial charge in [-0.2, -0.15) is 0 Å². The highest BCUT2D eigenvalue weighted by atomic mass is 16.4. The SMILES string of the molecule is CCCCCCCCO.NCC(=O)O. The zero-order valence-corrected chi connectivity index (χ0v) is 9.04. The van der Waals surface area contributed by atoms with Gasteiger partial charge in [0.05, 0.1) is 6.54 Å². The van der Waals surface area contributed by atoms with Crippen molar-refractivity contribution in [3.8, 4) is 0 Å². The van der Waals surface area contributed by atoms with Crippen LogP contribution in [0.25, 0.3) is 0 Å². The fraction of sp³-hybridized carbons (Fsp3) is 0.900. The molecule has 0 atom stereocenters. The molecule has 0 aromatic carbocycles. The number of aliphatic carboxylic acids is 1. The molecule has 4 nitrogen and oxygen atoms in total. The summed E-state index contributed by atoms with van der Waals surface area (Å²) in [6.07, 6.45) is 7.50. The maximum absolute atomic E-state index is 9.24. The standard InChI is InChI=1S/C8H18O.C2H5NO2/c1-2-3-4-5-6-7-8-9;3-1-2(4)5/h9H,2-8H2,1H3;1,3H2,(H,4,5). The van der Waals surface area contributed by atoms with E-state index in [2.05, 4.69) is 12.7 Å². The van der Waals surface area contributed by atoms with E-state index in [1.807, 2.05) is 0 Å². The lowest BCUT2D eigenvalue weighted by Crippen LogP contribution is -2.10. The molecule has 0 aliphatic rings. The van der Waals surface area contributed by atoms with E-state index in [1.54, 1.807) is 0 Å². The molecule has 0 bridgehead atoms. The first-order valence-corrected chi connectivity index (χ1v) is 5.21. The number of aliphatic hydroxyl groups excluding tert-OH is 1. The van der Waals surface area contributed by atoms with Crippen LogP contribution in [0.1, 0.15) is 45.4 Å². The molecule has 86 valence electrons. The van der Waals surface area contributed by atoms with Gasteiger partial charge in [-0.3, -0.25) is 4.79 Å². The van der Waals surface area contributed by atoms with Crippen LogP contribution in [0, 0.1) is 0 Å². The van der Waals surface area contributed by atoms with E-state index >= 15 is 0 Å². The van der Waals surface area contributed by atoms with Gasteiger partial charge in [0.2, 0.25) is 0 Å². The molecular weight excluding hydrogens is 182 g/mol. The second kappa shape index (κ2) is 14.9. The van der Waals surface area contributed by atoms with E-state index in [0.29, 0.717) is 6.61 Å². The average Bonchev–Trinajstić information content (AvgIpc) is 2.19. The topological polar surface area (TPSA) is 83.5 Å². The first-order valence-electron chi connectivity index (χ1n) is 5.21. The van der Waals surface area contributed by atoms with Crippen molar-refractivity contribution in [2.24, 2.45) is 5.73 Å². The Bertz CT molecular complexity index is 112. The molecular formula is C10H23NO3. The maximum Gasteiger partial charge on any atom is 0.317 e. The molecule has 0 aliphatic carbocycles. The van der Waals surface area contributed by atoms with Gasteiger partial charge in [-0.1, -0.05) is 39.0 Å². The van der Waals surface area contributed by atoms with Gasteiger partial charge in [-0.05, 0) is 6.42 Å². The van der Waals surface area contributed by atoms with Gasteiger partial charge >= 0.3 is 5.97 Å². The van der Waals surface area contributed by atoms with Crippen LogP contribution < -0.4 is 5.73 Å². The lowest BCUT2D eigenvalue weighted by atomic mass is 10.1. The Kier molecular flexibility index (Phi) is 16.9. The van der Waals surface area contributed by atoms with Gasteiger partial charge in [0.1, 0.15) is 0 Å². The summed E-state index contributed by atoms with van der Waals surface area (Å²) in [6, 6.07) is 0. The molecule has 0 heterocycles. The molecule has 0 aromatic rings. The van der Waals surface area contributed by atoms with Gasteiger partial charge in [0.25, 0.3) is 0 Å². The zero-order valence-electron chi connectivity index (χ0n) is 9.04. The lowest BCUT2D eigenvalue weighted by molar-refractivity contribution is -0.135. The van der Waals surface area contributed by atoms with E-state index in [1.165, 1.54) is 32.1 Å². The van der Waals surface area contributed by atoms with E-state index in [0.717, 1.165) is 6.42 Å². The number of hydrogen-bond donors (Lipinski definition) is 3. The van der Waals surface area contributed by atoms with Crippen LogP contribution in [-0.4, -0.2) is 29.3 Å². The van der Waals surface area contributed by atoms with Crippen molar-refractivity contribution in [2.45, 2.75) is 45.4 Å². The molecule has 4 heteroatoms. The minimum Gasteiger partial charge on any atom is -0.480 e. The summed E-state index contributed by atoms with van der Waals surface area (Å²) in [5, 5.41) is 16.0. The fourth-order valence-electron chi connectivity index (χ4n) is 0.892. The molecule has 0 fully saturated rings. The van der Waals surface area contributed by atoms with E-state index in [4.69, 9.17) is 10.2 Å². The first-order chi connectivity index (χ1) is 6.68. The number of nitrogens with two attached hydrogens (primary N) is 1. The molecule has 0 rings (SSSR count). The highest BCUT2D eigenvalue weighted by molar-refractivity contribution is 5.68. The molecule has 0 aromatic heterocycles. The third-order valence-corrected chi connectivity index (χ3v) is 1.69. The quantitative estimate of drug-likeness (QED) is 0.548. The Balaban J connectivity index is 0. The Morgan fingerprint density at radius 2 is 1.57 bits per heavy atom. The number of carboxylic acids is 1. The Labute approximate surface area is 86.1 Å². The first kappa shape index (κ1) is 15.8. The monoisotopic (exact) mass is 205 g/mol. The fourth-order valence-corrected chi connectivity index (χ4v) is 0.892. The highest BCUT2D eigenvalue weighted by Crippen LogP contribution is 2.03. The molecule has 0 spiro atoms. The van der Waals surface area contributed by atoms with Gasteiger partial charge in [0.15, 0.2) is 0 Å². The zero-order chi connectivity index (χ0) is 11.2. The summed E-state index contributed by atoms with van der Waals surface area (Å²) in [7, 11) is 0. The second-order valence-electron chi connectivity index (χ2n) is 3.09. The summed E-state index contributed by atoms with van der Waals surface area (Å²) in [6.45, 7) is 2.30. The number of carboxylic acid groups (broad SMARTS) is 1. The van der Waals surface area contributed by atoms with Crippen molar-refractivity contribution < 1.29 is 15.0 Å². The normalized spacial score (nSPS) is 9.07. The Morgan fingerprint density at radius 3 is 1.93 bits per heavy atom. The van der Waals surface area contributed by atoms with Crippen molar-refractivity contribution >= 4 is 5.97 Å². The van der Waals surface area contributed by atoms with Gasteiger partial charge < -0.3 is 15.9 Å². The van der Waals surface area contributed by atoms with Gasteiger partial charge in [-0.25, -0.2) is 0 Å². The molecule has 4 N–H and O–H groups in total. The molecule has 0 radical (unpaired) electrons. The van der Waals surface area contributed by atoms with Crippen molar-refractivity contribution in [1.82, 2.24) is 0 Å². The van der Waals surface area contributed by atoms with Crippen LogP contribution in [0.15, 0.2) is 0 Å². The minimum absolute atomic E-state index is 0.278. The molecule has 0 unspecified atom stereocenters. The second-order valence-corrected chi connectivity index (χ2v) is 3.09. The summed E-state index contributed by atoms with van der Waals surface area (Å²) in [5.41, 5.74) is 4.57. The highest BCUT2D eigenvalue weighted by Gasteiger charge is 1.86. The number of rotatable bonds is 7. The van der Waals surface area contributed by atoms with Gasteiger partial charge in [-0.15, -0.1) is 0 Å². The lowest BCUT2D eigenvalue weighted by Gasteiger charge is -1.95. The van der Waals surface area contributed by atoms with Crippen LogP contribution in [-0.2, 0) is 4.79 Å². The van der Waals surface area contributed by atoms with Crippen LogP contribution in [0.5, 0.6) is 0 Å². The third-order valence-electron chi connectivity index (χ3n) is 1.69. The summed E-state index contributed by atoms with van der Waals surface area (Å²) in [4.78, 5) is 9.24. The number of carbonyl (C=O) groups is 1. The number of unbranched alkanes of at least 4 members (excludes halogenated alkanes) is 5. The van der Waals surface area contributed by atoms with E-state index in [-0.39, 0.29) is 6.54 Å². The minimum atomic E-state index is -0.968. The largest absolute Gasteiger partial charge is 0.480 e. The van der Waals surface area contributed by atoms with Gasteiger partial charge in [0, 0.05) is 6.61 Å². The Hall–Kier alpha value is -0.610. The molecule has 0 aliphatic heterocycles. The summed E-state index contributed by atoms with van der Waals surface area (Å²) in [5.74, 6) is -0.968. The van der Waals surface area contributed by atoms with Crippen LogP contribution in [0.4, 0.5) is 0 Å². The predicted molar refractivity (Wildman–Crippen MR) is 57.2 cm³/mol. The number of aliphatic hydroxyl groups is 1. The Morgan fingerprint density at radius 1 is 1.14 bits per heavy atom. The average molecular weight is 205 g/mol. The van der Waals surface area contributed by atoms with Crippen molar-refractivity contribution in [2.75, 3.05) is 13.2 Å². The summed E-state index contributed by atoms with van der Waals surface area (Å²) >= 11 is 0. The van der Waals surface area contributed by atoms with E-state index < -0.39 is 5.97 Å². The van der Waals surface area contributed by atoms with Crippen molar-refractivity contribution in [3.63, 3.8) is 0 Å². The predicted octanol–water partition coefficient (Wildman–Crippen LogP) is 1.37. The van der Waals surface area contributed by atoms with Crippen molar-refractivity contribution in [3.05, 3.63) is 0 Å². The molecule has 0 amide bonds.